The van der Waals surface area contributed by atoms with Crippen molar-refractivity contribution in [1.82, 2.24) is 4.86 Å². The first-order valence-corrected chi connectivity index (χ1v) is 4.33. The van der Waals surface area contributed by atoms with Gasteiger partial charge < -0.3 is 5.11 Å². The molecule has 0 aromatic carbocycles. The lowest BCUT2D eigenvalue weighted by atomic mass is 10.6. The summed E-state index contributed by atoms with van der Waals surface area (Å²) in [6, 6.07) is 0. The van der Waals surface area contributed by atoms with Crippen LogP contribution in [0.5, 0.6) is 0 Å². The molecule has 0 rings (SSSR count). The normalized spacial score (nSPS) is 12.6. The first kappa shape index (κ1) is 16.0. The van der Waals surface area contributed by atoms with Crippen LogP contribution >= 0.6 is 27.3 Å². The van der Waals surface area contributed by atoms with E-state index in [2.05, 4.69) is 28.2 Å². The molecule has 80 valence electrons. The van der Waals surface area contributed by atoms with Crippen LogP contribution in [0.2, 0.25) is 0 Å². The van der Waals surface area contributed by atoms with Crippen LogP contribution in [-0.2, 0) is 0 Å². The van der Waals surface area contributed by atoms with Crippen LogP contribution in [0.15, 0.2) is 4.52 Å². The fraction of sp³-hybridized carbons (Fsp3) is 1.00. The minimum Gasteiger partial charge on any atom is -0.329 e. The van der Waals surface area contributed by atoms with E-state index >= 15 is 0 Å². The molecule has 0 saturated carbocycles. The monoisotopic (exact) mass is 262 g/mol. The Morgan fingerprint density at radius 3 is 1.54 bits per heavy atom. The Bertz CT molecular complexity index is 143. The molecule has 3 nitrogen and oxygen atoms in total. The molecule has 0 aromatic heterocycles. The molecule has 13 heavy (non-hydrogen) atoms. The summed E-state index contributed by atoms with van der Waals surface area (Å²) in [7, 11) is 5.45. The fourth-order valence-electron chi connectivity index (χ4n) is 0.0333. The number of nitrogens with one attached hydrogen (secondary N) is 1. The number of nitrogens with zero attached hydrogens (tertiary/aromatic N) is 1. The van der Waals surface area contributed by atoms with Crippen molar-refractivity contribution in [2.24, 2.45) is 4.52 Å². The predicted molar refractivity (Wildman–Crippen MR) is 45.1 cm³/mol. The van der Waals surface area contributed by atoms with Crippen LogP contribution in [0.4, 0.5) is 22.0 Å². The van der Waals surface area contributed by atoms with Gasteiger partial charge in [0.1, 0.15) is 0 Å². The van der Waals surface area contributed by atoms with Crippen molar-refractivity contribution >= 4 is 27.3 Å². The van der Waals surface area contributed by atoms with Gasteiger partial charge in [-0.1, -0.05) is 9.39 Å². The van der Waals surface area contributed by atoms with E-state index in [1.165, 1.54) is 0 Å². The van der Waals surface area contributed by atoms with Crippen LogP contribution in [0.3, 0.4) is 0 Å². The minimum absolute atomic E-state index is 0.881. The molecule has 0 amide bonds. The van der Waals surface area contributed by atoms with E-state index in [1.807, 2.05) is 0 Å². The molecule has 0 bridgehead atoms. The lowest BCUT2D eigenvalue weighted by molar-refractivity contribution is -0.374. The second kappa shape index (κ2) is 6.91. The van der Waals surface area contributed by atoms with Crippen LogP contribution < -0.4 is 4.86 Å². The van der Waals surface area contributed by atoms with Gasteiger partial charge in [-0.25, -0.2) is 9.37 Å². The van der Waals surface area contributed by atoms with Gasteiger partial charge in [0.15, 0.2) is 0 Å². The Morgan fingerprint density at radius 2 is 1.54 bits per heavy atom. The molecule has 0 radical (unpaired) electrons. The van der Waals surface area contributed by atoms with Crippen LogP contribution in [-0.4, -0.2) is 17.4 Å². The first-order chi connectivity index (χ1) is 5.66. The zero-order valence-electron chi connectivity index (χ0n) is 5.89. The quantitative estimate of drug-likeness (QED) is 0.562. The van der Waals surface area contributed by atoms with E-state index in [0.717, 1.165) is 8.52 Å². The second-order valence-electron chi connectivity index (χ2n) is 1.38. The topological polar surface area (TPSA) is 44.6 Å². The highest BCUT2D eigenvalue weighted by Crippen LogP contribution is 2.32. The number of hydrogen-bond acceptors (Lipinski definition) is 2. The van der Waals surface area contributed by atoms with Crippen LogP contribution in [0, 0.1) is 0 Å². The molecule has 2 atom stereocenters. The van der Waals surface area contributed by atoms with Crippen LogP contribution in [0.25, 0.3) is 0 Å². The van der Waals surface area contributed by atoms with Gasteiger partial charge in [0.25, 0.3) is 0 Å². The molecule has 2 N–H and O–H groups in total. The van der Waals surface area contributed by atoms with Crippen molar-refractivity contribution in [3.63, 3.8) is 0 Å². The average molecular weight is 262 g/mol. The van der Waals surface area contributed by atoms with Gasteiger partial charge in [-0.05, 0) is 9.39 Å². The Balaban J connectivity index is 0. The summed E-state index contributed by atoms with van der Waals surface area (Å²) in [4.78, 5) is 2.72. The fourth-order valence-corrected chi connectivity index (χ4v) is 0.900. The van der Waals surface area contributed by atoms with E-state index in [4.69, 9.17) is 5.11 Å². The third-order valence-corrected chi connectivity index (χ3v) is 1.38. The van der Waals surface area contributed by atoms with E-state index in [0.29, 0.717) is 0 Å². The maximum absolute atomic E-state index is 10.7. The van der Waals surface area contributed by atoms with Crippen molar-refractivity contribution in [1.29, 1.82) is 0 Å². The molecular formula is C2H6F5N2OP3. The summed E-state index contributed by atoms with van der Waals surface area (Å²) in [5, 5.41) is 6.90. The van der Waals surface area contributed by atoms with Gasteiger partial charge in [0.2, 0.25) is 0 Å². The molecule has 2 unspecified atom stereocenters. The van der Waals surface area contributed by atoms with E-state index in [1.54, 1.807) is 0 Å². The van der Waals surface area contributed by atoms with Crippen molar-refractivity contribution in [3.05, 3.63) is 0 Å². The predicted octanol–water partition coefficient (Wildman–Crippen LogP) is 2.33. The number of aliphatic hydroxyl groups is 1. The largest absolute Gasteiger partial charge is 0.482 e. The zero-order valence-corrected chi connectivity index (χ0v) is 9.09. The summed E-state index contributed by atoms with van der Waals surface area (Å²) in [6.07, 6.45) is -11.4. The third kappa shape index (κ3) is 10.5. The molecule has 11 heteroatoms. The number of hydrogen-bond donors (Lipinski definition) is 2. The van der Waals surface area contributed by atoms with Crippen molar-refractivity contribution < 1.29 is 27.1 Å². The highest BCUT2D eigenvalue weighted by atomic mass is 31.1. The summed E-state index contributed by atoms with van der Waals surface area (Å²) >= 11 is 0. The van der Waals surface area contributed by atoms with E-state index < -0.39 is 12.3 Å². The van der Waals surface area contributed by atoms with Gasteiger partial charge in [-0.3, -0.25) is 0 Å². The molecule has 0 aliphatic rings. The Hall–Kier alpha value is 0.530. The van der Waals surface area contributed by atoms with Crippen LogP contribution in [0.1, 0.15) is 0 Å². The van der Waals surface area contributed by atoms with Gasteiger partial charge in [0.05, 0.1) is 8.52 Å². The van der Waals surface area contributed by atoms with E-state index in [9.17, 15) is 22.0 Å². The molecule has 0 fully saturated rings. The third-order valence-electron chi connectivity index (χ3n) is 0.457. The number of halogens is 5. The molecule has 0 aromatic rings. The number of rotatable bonds is 1. The maximum atomic E-state index is 10.7. The molecule has 0 spiro atoms. The molecule has 0 aliphatic heterocycles. The van der Waals surface area contributed by atoms with Gasteiger partial charge in [-0.2, -0.15) is 22.0 Å². The van der Waals surface area contributed by atoms with Gasteiger partial charge >= 0.3 is 12.3 Å². The number of alkyl halides is 5. The molecule has 0 saturated heterocycles. The summed E-state index contributed by atoms with van der Waals surface area (Å²) < 4.78 is 56.6. The highest BCUT2D eigenvalue weighted by Gasteiger charge is 2.56. The van der Waals surface area contributed by atoms with Crippen molar-refractivity contribution in [3.8, 4) is 0 Å². The van der Waals surface area contributed by atoms with Gasteiger partial charge in [-0.15, -0.1) is 0 Å². The second-order valence-corrected chi connectivity index (χ2v) is 3.54. The Labute approximate surface area is 76.9 Å². The highest BCUT2D eigenvalue weighted by molar-refractivity contribution is 7.41. The first-order valence-electron chi connectivity index (χ1n) is 2.39. The summed E-state index contributed by atoms with van der Waals surface area (Å²) in [5.41, 5.74) is 0. The lowest BCUT2D eigenvalue weighted by Crippen LogP contribution is -2.35. The SMILES string of the molecule is OC(F)(F)C(F)(F)F.PN=PNP. The lowest BCUT2D eigenvalue weighted by Gasteiger charge is -2.10. The smallest absolute Gasteiger partial charge is 0.329 e. The van der Waals surface area contributed by atoms with E-state index in [-0.39, 0.29) is 0 Å². The zero-order chi connectivity index (χ0) is 11.1. The summed E-state index contributed by atoms with van der Waals surface area (Å²) in [5.74, 6) is 0. The Morgan fingerprint density at radius 1 is 1.23 bits per heavy atom. The van der Waals surface area contributed by atoms with Gasteiger partial charge in [0, 0.05) is 0 Å². The standard InChI is InChI=1S/C2HF5O.H5N2P3/c3-1(4,5)2(6,7)8;3-1-5-2-4/h8H;3-4H2,(H,1,2). The molecule has 0 heterocycles. The summed E-state index contributed by atoms with van der Waals surface area (Å²) in [6.45, 7) is 0. The minimum atomic E-state index is -5.84. The average Bonchev–Trinajstić information content (AvgIpc) is 1.85. The van der Waals surface area contributed by atoms with Crippen molar-refractivity contribution in [2.75, 3.05) is 0 Å². The van der Waals surface area contributed by atoms with Crippen molar-refractivity contribution in [2.45, 2.75) is 12.3 Å². The molecular weight excluding hydrogens is 256 g/mol. The molecule has 0 aliphatic carbocycles. The maximum Gasteiger partial charge on any atom is 0.482 e. The Kier molecular flexibility index (Phi) is 8.49.